The van der Waals surface area contributed by atoms with Gasteiger partial charge in [-0.05, 0) is 42.5 Å². The van der Waals surface area contributed by atoms with Gasteiger partial charge >= 0.3 is 0 Å². The summed E-state index contributed by atoms with van der Waals surface area (Å²) in [7, 11) is -3.54. The van der Waals surface area contributed by atoms with Crippen molar-refractivity contribution in [1.29, 1.82) is 0 Å². The summed E-state index contributed by atoms with van der Waals surface area (Å²) in [6.07, 6.45) is 3.26. The third-order valence-electron chi connectivity index (χ3n) is 4.98. The average molecular weight is 383 g/mol. The fraction of sp³-hybridized carbons (Fsp3) is 0.300. The molecular weight excluding hydrogens is 362 g/mol. The number of nitrogens with one attached hydrogen (secondary N) is 2. The number of fused-ring (bicyclic) bond motifs is 2. The molecule has 0 bridgehead atoms. The number of hydrogen-bond donors (Lipinski definition) is 2. The number of nitrogens with zero attached hydrogens (tertiary/aromatic N) is 1. The minimum atomic E-state index is -3.54. The van der Waals surface area contributed by atoms with Crippen LogP contribution in [-0.2, 0) is 21.2 Å². The number of amides is 1. The molecule has 1 amide bonds. The van der Waals surface area contributed by atoms with Gasteiger partial charge in [0.2, 0.25) is 5.91 Å². The van der Waals surface area contributed by atoms with Crippen molar-refractivity contribution < 1.29 is 13.2 Å². The Morgan fingerprint density at radius 3 is 2.81 bits per heavy atom. The number of carbonyl (C=O) groups excluding carboxylic acids is 1. The Balaban J connectivity index is 1.39. The molecule has 0 fully saturated rings. The molecule has 1 aliphatic carbocycles. The molecule has 27 heavy (non-hydrogen) atoms. The van der Waals surface area contributed by atoms with E-state index in [0.717, 1.165) is 19.3 Å². The standard InChI is InChI=1S/C20H21N3O3S/c24-19(22-17-10-5-7-14-6-1-2-8-15(14)17)12-13-21-20-16-9-3-4-11-18(16)27(25,26)23-20/h1-4,6,8-9,11,17H,5,7,10,12-13H2,(H,21,23)(H,22,24). The van der Waals surface area contributed by atoms with Gasteiger partial charge in [-0.15, -0.1) is 0 Å². The van der Waals surface area contributed by atoms with Gasteiger partial charge in [-0.1, -0.05) is 36.4 Å². The van der Waals surface area contributed by atoms with Crippen molar-refractivity contribution >= 4 is 21.8 Å². The van der Waals surface area contributed by atoms with Gasteiger partial charge in [-0.3, -0.25) is 14.5 Å². The summed E-state index contributed by atoms with van der Waals surface area (Å²) >= 11 is 0. The highest BCUT2D eigenvalue weighted by Crippen LogP contribution is 2.29. The molecule has 0 spiro atoms. The number of rotatable bonds is 4. The molecule has 1 unspecified atom stereocenters. The minimum Gasteiger partial charge on any atom is -0.349 e. The molecule has 2 aromatic carbocycles. The third-order valence-corrected chi connectivity index (χ3v) is 6.37. The lowest BCUT2D eigenvalue weighted by Crippen LogP contribution is -2.31. The van der Waals surface area contributed by atoms with Crippen molar-refractivity contribution in [2.45, 2.75) is 36.6 Å². The van der Waals surface area contributed by atoms with E-state index in [-0.39, 0.29) is 29.8 Å². The normalized spacial score (nSPS) is 21.2. The monoisotopic (exact) mass is 383 g/mol. The van der Waals surface area contributed by atoms with Crippen LogP contribution in [0.3, 0.4) is 0 Å². The highest BCUT2D eigenvalue weighted by Gasteiger charge is 2.30. The van der Waals surface area contributed by atoms with Crippen LogP contribution in [0.4, 0.5) is 0 Å². The molecule has 7 heteroatoms. The Morgan fingerprint density at radius 2 is 1.93 bits per heavy atom. The zero-order chi connectivity index (χ0) is 18.9. The quantitative estimate of drug-likeness (QED) is 0.849. The summed E-state index contributed by atoms with van der Waals surface area (Å²) in [6, 6.07) is 15.0. The highest BCUT2D eigenvalue weighted by atomic mass is 32.2. The largest absolute Gasteiger partial charge is 0.349 e. The first kappa shape index (κ1) is 17.7. The Kier molecular flexibility index (Phi) is 4.70. The number of sulfonamides is 1. The second-order valence-electron chi connectivity index (χ2n) is 6.79. The lowest BCUT2D eigenvalue weighted by molar-refractivity contribution is -0.121. The summed E-state index contributed by atoms with van der Waals surface area (Å²) in [5.74, 6) is 0.233. The molecule has 1 atom stereocenters. The predicted octanol–water partition coefficient (Wildman–Crippen LogP) is 2.31. The van der Waals surface area contributed by atoms with Crippen LogP contribution in [0.25, 0.3) is 0 Å². The van der Waals surface area contributed by atoms with E-state index in [1.165, 1.54) is 11.1 Å². The van der Waals surface area contributed by atoms with Crippen molar-refractivity contribution in [2.24, 2.45) is 4.99 Å². The predicted molar refractivity (Wildman–Crippen MR) is 103 cm³/mol. The molecule has 0 saturated carbocycles. The molecule has 6 nitrogen and oxygen atoms in total. The third kappa shape index (κ3) is 3.60. The fourth-order valence-corrected chi connectivity index (χ4v) is 4.94. The molecule has 0 aromatic heterocycles. The first-order chi connectivity index (χ1) is 13.0. The highest BCUT2D eigenvalue weighted by molar-refractivity contribution is 7.90. The number of aryl methyl sites for hydroxylation is 1. The van der Waals surface area contributed by atoms with E-state index in [0.29, 0.717) is 11.4 Å². The van der Waals surface area contributed by atoms with Crippen molar-refractivity contribution in [3.05, 3.63) is 65.2 Å². The van der Waals surface area contributed by atoms with Gasteiger partial charge in [0.25, 0.3) is 10.0 Å². The second-order valence-corrected chi connectivity index (χ2v) is 8.44. The Bertz CT molecular complexity index is 1010. The van der Waals surface area contributed by atoms with Crippen LogP contribution in [0.1, 0.15) is 42.0 Å². The van der Waals surface area contributed by atoms with Gasteiger partial charge in [0.15, 0.2) is 0 Å². The van der Waals surface area contributed by atoms with Crippen LogP contribution in [0.2, 0.25) is 0 Å². The van der Waals surface area contributed by atoms with Crippen LogP contribution in [0.15, 0.2) is 58.4 Å². The van der Waals surface area contributed by atoms with Crippen LogP contribution in [-0.4, -0.2) is 26.7 Å². The van der Waals surface area contributed by atoms with E-state index in [2.05, 4.69) is 27.2 Å². The molecule has 4 rings (SSSR count). The molecule has 0 radical (unpaired) electrons. The van der Waals surface area contributed by atoms with E-state index in [9.17, 15) is 13.2 Å². The molecular formula is C20H21N3O3S. The van der Waals surface area contributed by atoms with Gasteiger partial charge in [-0.2, -0.15) is 0 Å². The molecule has 1 aliphatic heterocycles. The number of aliphatic imine (C=N–C) groups is 1. The number of hydrogen-bond acceptors (Lipinski definition) is 4. The van der Waals surface area contributed by atoms with Crippen molar-refractivity contribution in [1.82, 2.24) is 10.0 Å². The van der Waals surface area contributed by atoms with Gasteiger partial charge in [-0.25, -0.2) is 8.42 Å². The lowest BCUT2D eigenvalue weighted by Gasteiger charge is -2.26. The zero-order valence-corrected chi connectivity index (χ0v) is 15.6. The summed E-state index contributed by atoms with van der Waals surface area (Å²) < 4.78 is 26.6. The summed E-state index contributed by atoms with van der Waals surface area (Å²) in [6.45, 7) is 0.229. The van der Waals surface area contributed by atoms with E-state index in [1.54, 1.807) is 24.3 Å². The molecule has 2 aliphatic rings. The molecule has 1 heterocycles. The van der Waals surface area contributed by atoms with Crippen LogP contribution in [0.5, 0.6) is 0 Å². The number of amidine groups is 1. The van der Waals surface area contributed by atoms with E-state index in [4.69, 9.17) is 0 Å². The Hall–Kier alpha value is -2.67. The first-order valence-corrected chi connectivity index (χ1v) is 10.6. The van der Waals surface area contributed by atoms with Crippen molar-refractivity contribution in [3.8, 4) is 0 Å². The maximum absolute atomic E-state index is 12.3. The summed E-state index contributed by atoms with van der Waals surface area (Å²) in [4.78, 5) is 16.9. The SMILES string of the molecule is O=C(CCN=C1NS(=O)(=O)c2ccccc21)NC1CCCc2ccccc21. The van der Waals surface area contributed by atoms with Gasteiger partial charge in [0.1, 0.15) is 5.84 Å². The number of carbonyl (C=O) groups is 1. The summed E-state index contributed by atoms with van der Waals surface area (Å²) in [5.41, 5.74) is 3.05. The fourth-order valence-electron chi connectivity index (χ4n) is 3.69. The molecule has 2 N–H and O–H groups in total. The first-order valence-electron chi connectivity index (χ1n) is 9.08. The van der Waals surface area contributed by atoms with Gasteiger partial charge in [0, 0.05) is 12.0 Å². The van der Waals surface area contributed by atoms with Crippen LogP contribution < -0.4 is 10.0 Å². The van der Waals surface area contributed by atoms with E-state index in [1.807, 2.05) is 12.1 Å². The molecule has 0 saturated heterocycles. The lowest BCUT2D eigenvalue weighted by atomic mass is 9.88. The zero-order valence-electron chi connectivity index (χ0n) is 14.8. The second kappa shape index (κ2) is 7.15. The maximum Gasteiger partial charge on any atom is 0.263 e. The minimum absolute atomic E-state index is 0.0424. The Morgan fingerprint density at radius 1 is 1.15 bits per heavy atom. The smallest absolute Gasteiger partial charge is 0.263 e. The van der Waals surface area contributed by atoms with E-state index < -0.39 is 10.0 Å². The number of benzene rings is 2. The topological polar surface area (TPSA) is 87.6 Å². The average Bonchev–Trinajstić information content (AvgIpc) is 2.93. The van der Waals surface area contributed by atoms with Crippen molar-refractivity contribution in [2.75, 3.05) is 6.54 Å². The van der Waals surface area contributed by atoms with E-state index >= 15 is 0 Å². The summed E-state index contributed by atoms with van der Waals surface area (Å²) in [5, 5.41) is 3.09. The molecule has 2 aromatic rings. The van der Waals surface area contributed by atoms with Gasteiger partial charge in [0.05, 0.1) is 17.5 Å². The van der Waals surface area contributed by atoms with Crippen LogP contribution in [0, 0.1) is 0 Å². The Labute approximate surface area is 158 Å². The maximum atomic E-state index is 12.3. The van der Waals surface area contributed by atoms with Crippen LogP contribution >= 0.6 is 0 Å². The molecule has 140 valence electrons. The van der Waals surface area contributed by atoms with Crippen molar-refractivity contribution in [3.63, 3.8) is 0 Å². The van der Waals surface area contributed by atoms with Gasteiger partial charge < -0.3 is 5.32 Å².